The molecule has 7 nitrogen and oxygen atoms in total. The average molecular weight is 463 g/mol. The number of rotatable bonds is 7. The van der Waals surface area contributed by atoms with Gasteiger partial charge in [-0.25, -0.2) is 19.9 Å². The summed E-state index contributed by atoms with van der Waals surface area (Å²) in [7, 11) is 0. The van der Waals surface area contributed by atoms with Crippen molar-refractivity contribution in [3.8, 4) is 0 Å². The molecule has 172 valence electrons. The van der Waals surface area contributed by atoms with Crippen molar-refractivity contribution in [2.75, 3.05) is 35.3 Å². The van der Waals surface area contributed by atoms with E-state index in [1.54, 1.807) is 6.20 Å². The van der Waals surface area contributed by atoms with Gasteiger partial charge in [-0.2, -0.15) is 11.8 Å². The van der Waals surface area contributed by atoms with Crippen molar-refractivity contribution in [2.45, 2.75) is 44.9 Å². The molecule has 0 amide bonds. The molecule has 1 saturated carbocycles. The fraction of sp³-hybridized carbons (Fsp3) is 0.480. The molecule has 2 fully saturated rings. The highest BCUT2D eigenvalue weighted by Crippen LogP contribution is 2.39. The summed E-state index contributed by atoms with van der Waals surface area (Å²) in [6, 6.07) is 3.94. The van der Waals surface area contributed by atoms with Crippen molar-refractivity contribution < 1.29 is 4.79 Å². The lowest BCUT2D eigenvalue weighted by Gasteiger charge is -2.40. The van der Waals surface area contributed by atoms with Gasteiger partial charge in [0.05, 0.1) is 0 Å². The molecule has 4 heterocycles. The van der Waals surface area contributed by atoms with Crippen LogP contribution in [0.5, 0.6) is 0 Å². The molecule has 5 rings (SSSR count). The lowest BCUT2D eigenvalue weighted by molar-refractivity contribution is -0.128. The molecule has 1 aliphatic heterocycles. The van der Waals surface area contributed by atoms with E-state index in [1.807, 2.05) is 37.1 Å². The lowest BCUT2D eigenvalue weighted by Crippen LogP contribution is -2.48. The quantitative estimate of drug-likeness (QED) is 0.541. The van der Waals surface area contributed by atoms with Crippen molar-refractivity contribution in [3.63, 3.8) is 0 Å². The van der Waals surface area contributed by atoms with E-state index in [1.165, 1.54) is 16.7 Å². The van der Waals surface area contributed by atoms with Gasteiger partial charge < -0.3 is 10.2 Å². The molecule has 1 N–H and O–H groups in total. The summed E-state index contributed by atoms with van der Waals surface area (Å²) >= 11 is 1.91. The zero-order valence-corrected chi connectivity index (χ0v) is 20.4. The van der Waals surface area contributed by atoms with Crippen molar-refractivity contribution >= 4 is 45.8 Å². The Balaban J connectivity index is 1.44. The van der Waals surface area contributed by atoms with Crippen LogP contribution in [-0.4, -0.2) is 50.8 Å². The molecule has 3 aromatic rings. The maximum atomic E-state index is 11.5. The Morgan fingerprint density at radius 2 is 1.94 bits per heavy atom. The number of nitrogens with one attached hydrogen (secondary N) is 1. The smallest absolute Gasteiger partial charge is 0.138 e. The van der Waals surface area contributed by atoms with Gasteiger partial charge in [0, 0.05) is 61.2 Å². The predicted molar refractivity (Wildman–Crippen MR) is 135 cm³/mol. The number of Topliss-reactive ketones (excluding diaryl/α,β-unsaturated/α-hetero) is 1. The summed E-state index contributed by atoms with van der Waals surface area (Å²) in [6.45, 7) is 8.53. The van der Waals surface area contributed by atoms with E-state index in [-0.39, 0.29) is 11.2 Å². The van der Waals surface area contributed by atoms with Crippen molar-refractivity contribution in [2.24, 2.45) is 5.92 Å². The van der Waals surface area contributed by atoms with Gasteiger partial charge in [0.25, 0.3) is 0 Å². The summed E-state index contributed by atoms with van der Waals surface area (Å²) < 4.78 is 0. The molecular formula is C25H30N6OS. The van der Waals surface area contributed by atoms with E-state index in [0.717, 1.165) is 36.0 Å². The Hall–Kier alpha value is -2.74. The molecule has 33 heavy (non-hydrogen) atoms. The molecule has 3 aromatic heterocycles. The van der Waals surface area contributed by atoms with Gasteiger partial charge in [-0.05, 0) is 41.0 Å². The van der Waals surface area contributed by atoms with Crippen LogP contribution in [0.25, 0.3) is 10.8 Å². The molecular weight excluding hydrogens is 432 g/mol. The molecule has 0 unspecified atom stereocenters. The molecule has 8 heteroatoms. The number of thioether (sulfide) groups is 1. The third-order valence-corrected chi connectivity index (χ3v) is 7.49. The first kappa shape index (κ1) is 22.1. The highest BCUT2D eigenvalue weighted by Gasteiger charge is 2.43. The van der Waals surface area contributed by atoms with E-state index < -0.39 is 0 Å². The molecule has 2 aliphatic rings. The van der Waals surface area contributed by atoms with Crippen LogP contribution >= 0.6 is 11.8 Å². The summed E-state index contributed by atoms with van der Waals surface area (Å²) in [4.78, 5) is 32.5. The zero-order valence-electron chi connectivity index (χ0n) is 19.6. The van der Waals surface area contributed by atoms with Gasteiger partial charge in [0.1, 0.15) is 29.1 Å². The summed E-state index contributed by atoms with van der Waals surface area (Å²) in [5.74, 6) is 5.71. The Morgan fingerprint density at radius 3 is 2.64 bits per heavy atom. The van der Waals surface area contributed by atoms with Crippen molar-refractivity contribution in [1.82, 2.24) is 19.9 Å². The Labute approximate surface area is 198 Å². The van der Waals surface area contributed by atoms with E-state index >= 15 is 0 Å². The third kappa shape index (κ3) is 4.16. The first-order valence-electron chi connectivity index (χ1n) is 11.5. The van der Waals surface area contributed by atoms with E-state index in [0.29, 0.717) is 30.4 Å². The SMILES string of the molecule is CSCC1CN(c2ncc(C(C)C)c3cc(Nc4ccnc(C5(C)CC(=O)C5)n4)ncc23)C1. The second-order valence-electron chi connectivity index (χ2n) is 9.88. The van der Waals surface area contributed by atoms with E-state index in [9.17, 15) is 4.79 Å². The van der Waals surface area contributed by atoms with Gasteiger partial charge in [-0.15, -0.1) is 0 Å². The number of nitrogens with zero attached hydrogens (tertiary/aromatic N) is 5. The fourth-order valence-corrected chi connectivity index (χ4v) is 5.52. The minimum Gasteiger partial charge on any atom is -0.355 e. The van der Waals surface area contributed by atoms with Gasteiger partial charge in [0.2, 0.25) is 0 Å². The summed E-state index contributed by atoms with van der Waals surface area (Å²) in [6.07, 6.45) is 8.88. The maximum absolute atomic E-state index is 11.5. The van der Waals surface area contributed by atoms with Gasteiger partial charge in [-0.3, -0.25) is 4.79 Å². The molecule has 0 spiro atoms. The Morgan fingerprint density at radius 1 is 1.15 bits per heavy atom. The topological polar surface area (TPSA) is 83.9 Å². The molecule has 0 bridgehead atoms. The minimum atomic E-state index is -0.262. The van der Waals surface area contributed by atoms with E-state index in [4.69, 9.17) is 15.0 Å². The number of carbonyl (C=O) groups is 1. The summed E-state index contributed by atoms with van der Waals surface area (Å²) in [5, 5.41) is 5.62. The molecule has 1 saturated heterocycles. The van der Waals surface area contributed by atoms with Crippen LogP contribution in [-0.2, 0) is 10.2 Å². The van der Waals surface area contributed by atoms with Gasteiger partial charge >= 0.3 is 0 Å². The van der Waals surface area contributed by atoms with Crippen LogP contribution < -0.4 is 10.2 Å². The van der Waals surface area contributed by atoms with Crippen molar-refractivity contribution in [1.29, 1.82) is 0 Å². The molecule has 0 atom stereocenters. The number of anilines is 3. The van der Waals surface area contributed by atoms with Gasteiger partial charge in [0.15, 0.2) is 0 Å². The normalized spacial score (nSPS) is 17.8. The molecule has 0 radical (unpaired) electrons. The maximum Gasteiger partial charge on any atom is 0.138 e. The van der Waals surface area contributed by atoms with Gasteiger partial charge in [-0.1, -0.05) is 20.8 Å². The number of aromatic nitrogens is 4. The second kappa shape index (κ2) is 8.56. The van der Waals surface area contributed by atoms with Crippen LogP contribution in [0, 0.1) is 5.92 Å². The largest absolute Gasteiger partial charge is 0.355 e. The zero-order chi connectivity index (χ0) is 23.2. The Bertz CT molecular complexity index is 1200. The van der Waals surface area contributed by atoms with Crippen molar-refractivity contribution in [3.05, 3.63) is 42.1 Å². The lowest BCUT2D eigenvalue weighted by atomic mass is 9.69. The van der Waals surface area contributed by atoms with Crippen LogP contribution in [0.3, 0.4) is 0 Å². The number of hydrogen-bond acceptors (Lipinski definition) is 8. The van der Waals surface area contributed by atoms with E-state index in [2.05, 4.69) is 41.4 Å². The number of fused-ring (bicyclic) bond motifs is 1. The Kier molecular flexibility index (Phi) is 5.72. The number of ketones is 1. The fourth-order valence-electron chi connectivity index (χ4n) is 4.83. The minimum absolute atomic E-state index is 0.262. The molecule has 0 aromatic carbocycles. The van der Waals surface area contributed by atoms with Crippen LogP contribution in [0.1, 0.15) is 50.9 Å². The standard InChI is InChI=1S/C25H30N6OS/c1-15(2)19-10-28-23(31-12-16(13-31)14-33-4)20-11-27-22(7-18(19)20)29-21-5-6-26-24(30-21)25(3)8-17(32)9-25/h5-7,10-11,15-16H,8-9,12-14H2,1-4H3,(H,26,27,29,30). The number of pyridine rings is 2. The van der Waals surface area contributed by atoms with Crippen LogP contribution in [0.2, 0.25) is 0 Å². The second-order valence-corrected chi connectivity index (χ2v) is 10.8. The average Bonchev–Trinajstić information content (AvgIpc) is 2.74. The van der Waals surface area contributed by atoms with Crippen LogP contribution in [0.15, 0.2) is 30.7 Å². The first-order chi connectivity index (χ1) is 15.9. The first-order valence-corrected chi connectivity index (χ1v) is 12.9. The number of hydrogen-bond donors (Lipinski definition) is 1. The molecule has 1 aliphatic carbocycles. The highest BCUT2D eigenvalue weighted by molar-refractivity contribution is 7.98. The highest BCUT2D eigenvalue weighted by atomic mass is 32.2. The summed E-state index contributed by atoms with van der Waals surface area (Å²) in [5.41, 5.74) is 0.951. The third-order valence-electron chi connectivity index (χ3n) is 6.69. The van der Waals surface area contributed by atoms with Crippen LogP contribution in [0.4, 0.5) is 17.5 Å². The monoisotopic (exact) mass is 462 g/mol. The predicted octanol–water partition coefficient (Wildman–Crippen LogP) is 4.71. The number of carbonyl (C=O) groups excluding carboxylic acids is 1.